The highest BCUT2D eigenvalue weighted by atomic mass is 35.5. The molecule has 0 heterocycles. The van der Waals surface area contributed by atoms with E-state index in [1.807, 2.05) is 13.8 Å². The molecule has 0 aliphatic heterocycles. The number of carbonyl (C=O) groups excluding carboxylic acids is 2. The number of anilines is 1. The van der Waals surface area contributed by atoms with Crippen LogP contribution in [0.15, 0.2) is 18.2 Å². The van der Waals surface area contributed by atoms with Crippen molar-refractivity contribution < 1.29 is 14.0 Å². The van der Waals surface area contributed by atoms with Gasteiger partial charge in [-0.15, -0.1) is 0 Å². The fourth-order valence-corrected chi connectivity index (χ4v) is 1.83. The second-order valence-corrected chi connectivity index (χ2v) is 4.90. The number of rotatable bonds is 5. The molecule has 0 saturated carbocycles. The largest absolute Gasteiger partial charge is 0.352 e. The van der Waals surface area contributed by atoms with Gasteiger partial charge in [0.1, 0.15) is 11.9 Å². The zero-order valence-electron chi connectivity index (χ0n) is 11.2. The fourth-order valence-electron chi connectivity index (χ4n) is 1.65. The number of primary amides is 1. The molecule has 0 unspecified atom stereocenters. The molecule has 7 heteroatoms. The Hall–Kier alpha value is -1.82. The predicted molar refractivity (Wildman–Crippen MR) is 76.0 cm³/mol. The number of urea groups is 1. The molecule has 20 heavy (non-hydrogen) atoms. The number of benzene rings is 1. The first-order chi connectivity index (χ1) is 9.35. The van der Waals surface area contributed by atoms with E-state index in [9.17, 15) is 14.0 Å². The first kappa shape index (κ1) is 16.2. The van der Waals surface area contributed by atoms with Crippen molar-refractivity contribution in [2.75, 3.05) is 5.32 Å². The highest BCUT2D eigenvalue weighted by Gasteiger charge is 2.25. The third-order valence-corrected chi connectivity index (χ3v) is 3.27. The van der Waals surface area contributed by atoms with E-state index in [4.69, 9.17) is 17.3 Å². The fraction of sp³-hybridized carbons (Fsp3) is 0.385. The summed E-state index contributed by atoms with van der Waals surface area (Å²) >= 11 is 5.63. The van der Waals surface area contributed by atoms with E-state index in [0.29, 0.717) is 12.1 Å². The summed E-state index contributed by atoms with van der Waals surface area (Å²) in [5.74, 6) is -1.10. The monoisotopic (exact) mass is 301 g/mol. The van der Waals surface area contributed by atoms with E-state index < -0.39 is 23.8 Å². The van der Waals surface area contributed by atoms with Crippen LogP contribution in [-0.4, -0.2) is 18.0 Å². The number of nitrogens with one attached hydrogen (secondary N) is 2. The summed E-state index contributed by atoms with van der Waals surface area (Å²) in [5, 5.41) is 4.87. The maximum atomic E-state index is 13.0. The summed E-state index contributed by atoms with van der Waals surface area (Å²) in [6.45, 7) is 3.71. The molecule has 0 bridgehead atoms. The van der Waals surface area contributed by atoms with E-state index in [1.165, 1.54) is 12.1 Å². The quantitative estimate of drug-likeness (QED) is 0.780. The van der Waals surface area contributed by atoms with Gasteiger partial charge in [-0.1, -0.05) is 31.9 Å². The Morgan fingerprint density at radius 2 is 2.10 bits per heavy atom. The Labute approximate surface area is 121 Å². The van der Waals surface area contributed by atoms with Gasteiger partial charge < -0.3 is 16.4 Å². The molecule has 4 N–H and O–H groups in total. The number of halogens is 2. The minimum atomic E-state index is -0.775. The van der Waals surface area contributed by atoms with Crippen LogP contribution >= 0.6 is 11.6 Å². The first-order valence-electron chi connectivity index (χ1n) is 6.17. The summed E-state index contributed by atoms with van der Waals surface area (Å²) < 4.78 is 13.0. The van der Waals surface area contributed by atoms with Crippen molar-refractivity contribution >= 4 is 29.2 Å². The molecule has 0 radical (unpaired) electrons. The third kappa shape index (κ3) is 4.38. The van der Waals surface area contributed by atoms with Crippen molar-refractivity contribution in [3.05, 3.63) is 29.0 Å². The molecule has 0 aliphatic rings. The van der Waals surface area contributed by atoms with Gasteiger partial charge in [-0.05, 0) is 24.1 Å². The SMILES string of the molecule is CC[C@H](C)[C@H](NC(N)=O)C(=O)Nc1ccc(F)c(Cl)c1. The molecule has 0 aliphatic carbocycles. The minimum absolute atomic E-state index is 0.0919. The highest BCUT2D eigenvalue weighted by Crippen LogP contribution is 2.20. The van der Waals surface area contributed by atoms with E-state index in [-0.39, 0.29) is 10.9 Å². The number of hydrogen-bond acceptors (Lipinski definition) is 2. The van der Waals surface area contributed by atoms with Crippen molar-refractivity contribution in [2.45, 2.75) is 26.3 Å². The number of hydrogen-bond donors (Lipinski definition) is 3. The predicted octanol–water partition coefficient (Wildman–Crippen LogP) is 2.50. The lowest BCUT2D eigenvalue weighted by atomic mass is 9.98. The van der Waals surface area contributed by atoms with Crippen LogP contribution in [0.4, 0.5) is 14.9 Å². The van der Waals surface area contributed by atoms with Crippen LogP contribution < -0.4 is 16.4 Å². The number of carbonyl (C=O) groups is 2. The van der Waals surface area contributed by atoms with Crippen molar-refractivity contribution in [1.82, 2.24) is 5.32 Å². The van der Waals surface area contributed by atoms with Gasteiger partial charge in [0.25, 0.3) is 0 Å². The lowest BCUT2D eigenvalue weighted by Gasteiger charge is -2.22. The molecule has 0 saturated heterocycles. The van der Waals surface area contributed by atoms with Gasteiger partial charge in [0.15, 0.2) is 0 Å². The van der Waals surface area contributed by atoms with Crippen LogP contribution in [0.25, 0.3) is 0 Å². The van der Waals surface area contributed by atoms with Gasteiger partial charge in [0.05, 0.1) is 5.02 Å². The molecule has 3 amide bonds. The summed E-state index contributed by atoms with van der Waals surface area (Å²) in [5.41, 5.74) is 5.41. The van der Waals surface area contributed by atoms with Crippen LogP contribution in [0.1, 0.15) is 20.3 Å². The maximum Gasteiger partial charge on any atom is 0.312 e. The van der Waals surface area contributed by atoms with Crippen LogP contribution in [0.5, 0.6) is 0 Å². The minimum Gasteiger partial charge on any atom is -0.352 e. The zero-order chi connectivity index (χ0) is 15.3. The molecule has 0 spiro atoms. The number of amides is 3. The van der Waals surface area contributed by atoms with Crippen molar-refractivity contribution in [1.29, 1.82) is 0 Å². The van der Waals surface area contributed by atoms with Crippen molar-refractivity contribution in [2.24, 2.45) is 11.7 Å². The normalized spacial score (nSPS) is 13.4. The first-order valence-corrected chi connectivity index (χ1v) is 6.54. The lowest BCUT2D eigenvalue weighted by molar-refractivity contribution is -0.119. The van der Waals surface area contributed by atoms with E-state index in [1.54, 1.807) is 0 Å². The van der Waals surface area contributed by atoms with E-state index in [2.05, 4.69) is 10.6 Å². The molecular weight excluding hydrogens is 285 g/mol. The topological polar surface area (TPSA) is 84.2 Å². The smallest absolute Gasteiger partial charge is 0.312 e. The molecule has 110 valence electrons. The van der Waals surface area contributed by atoms with Crippen LogP contribution in [0.3, 0.4) is 0 Å². The Balaban J connectivity index is 2.84. The van der Waals surface area contributed by atoms with Gasteiger partial charge in [-0.3, -0.25) is 4.79 Å². The standard InChI is InChI=1S/C13H17ClFN3O2/c1-3-7(2)11(18-13(16)20)12(19)17-8-4-5-10(15)9(14)6-8/h4-7,11H,3H2,1-2H3,(H,17,19)(H3,16,18,20)/t7-,11-/m0/s1. The molecule has 2 atom stereocenters. The van der Waals surface area contributed by atoms with Crippen LogP contribution in [-0.2, 0) is 4.79 Å². The van der Waals surface area contributed by atoms with Gasteiger partial charge in [0, 0.05) is 5.69 Å². The van der Waals surface area contributed by atoms with Crippen molar-refractivity contribution in [3.8, 4) is 0 Å². The Morgan fingerprint density at radius 1 is 1.45 bits per heavy atom. The molecule has 5 nitrogen and oxygen atoms in total. The molecule has 0 fully saturated rings. The molecule has 1 rings (SSSR count). The zero-order valence-corrected chi connectivity index (χ0v) is 12.0. The van der Waals surface area contributed by atoms with Crippen molar-refractivity contribution in [3.63, 3.8) is 0 Å². The second kappa shape index (κ2) is 7.09. The Bertz CT molecular complexity index is 510. The Kier molecular flexibility index (Phi) is 5.76. The maximum absolute atomic E-state index is 13.0. The molecule has 0 aromatic heterocycles. The Morgan fingerprint density at radius 3 is 2.60 bits per heavy atom. The van der Waals surface area contributed by atoms with E-state index in [0.717, 1.165) is 6.07 Å². The molecule has 1 aromatic carbocycles. The van der Waals surface area contributed by atoms with Gasteiger partial charge in [-0.2, -0.15) is 0 Å². The lowest BCUT2D eigenvalue weighted by Crippen LogP contribution is -2.49. The summed E-state index contributed by atoms with van der Waals surface area (Å²) in [4.78, 5) is 23.1. The molecular formula is C13H17ClFN3O2. The molecule has 1 aromatic rings. The van der Waals surface area contributed by atoms with E-state index >= 15 is 0 Å². The average Bonchev–Trinajstić information content (AvgIpc) is 2.39. The summed E-state index contributed by atoms with van der Waals surface area (Å²) in [6.07, 6.45) is 0.683. The van der Waals surface area contributed by atoms with Gasteiger partial charge in [-0.25, -0.2) is 9.18 Å². The second-order valence-electron chi connectivity index (χ2n) is 4.49. The van der Waals surface area contributed by atoms with Gasteiger partial charge >= 0.3 is 6.03 Å². The number of nitrogens with two attached hydrogens (primary N) is 1. The van der Waals surface area contributed by atoms with Crippen LogP contribution in [0, 0.1) is 11.7 Å². The van der Waals surface area contributed by atoms with Gasteiger partial charge in [0.2, 0.25) is 5.91 Å². The highest BCUT2D eigenvalue weighted by molar-refractivity contribution is 6.31. The third-order valence-electron chi connectivity index (χ3n) is 2.98. The average molecular weight is 302 g/mol. The van der Waals surface area contributed by atoms with Crippen LogP contribution in [0.2, 0.25) is 5.02 Å². The summed E-state index contributed by atoms with van der Waals surface area (Å²) in [7, 11) is 0. The summed E-state index contributed by atoms with van der Waals surface area (Å²) in [6, 6.07) is 2.30.